The van der Waals surface area contributed by atoms with Gasteiger partial charge in [-0.25, -0.2) is 0 Å². The number of nitrogens with zero attached hydrogens (tertiary/aromatic N) is 1. The van der Waals surface area contributed by atoms with Gasteiger partial charge in [0.25, 0.3) is 0 Å². The van der Waals surface area contributed by atoms with E-state index in [2.05, 4.69) is 16.4 Å². The molecule has 1 aromatic heterocycles. The van der Waals surface area contributed by atoms with Crippen molar-refractivity contribution in [1.82, 2.24) is 4.98 Å². The number of nitrogens with one attached hydrogen (secondary N) is 1. The maximum absolute atomic E-state index is 10.4. The third kappa shape index (κ3) is 2.09. The molecule has 0 aliphatic carbocycles. The Bertz CT molecular complexity index is 539. The van der Waals surface area contributed by atoms with Crippen LogP contribution >= 0.6 is 0 Å². The van der Waals surface area contributed by atoms with Crippen molar-refractivity contribution < 1.29 is 5.11 Å². The third-order valence-electron chi connectivity index (χ3n) is 3.37. The molecule has 1 aliphatic rings. The number of anilines is 1. The van der Waals surface area contributed by atoms with Crippen LogP contribution in [-0.4, -0.2) is 16.6 Å². The number of aliphatic hydroxyl groups is 1. The molecule has 0 saturated heterocycles. The Kier molecular flexibility index (Phi) is 2.99. The van der Waals surface area contributed by atoms with Crippen LogP contribution in [0.4, 0.5) is 5.69 Å². The number of hydrogen-bond donors (Lipinski definition) is 2. The van der Waals surface area contributed by atoms with Gasteiger partial charge in [-0.3, -0.25) is 4.98 Å². The van der Waals surface area contributed by atoms with Crippen molar-refractivity contribution in [2.75, 3.05) is 11.9 Å². The smallest absolute Gasteiger partial charge is 0.0865 e. The fraction of sp³-hybridized carbons (Fsp3) is 0.267. The third-order valence-corrected chi connectivity index (χ3v) is 3.37. The van der Waals surface area contributed by atoms with E-state index >= 15 is 0 Å². The summed E-state index contributed by atoms with van der Waals surface area (Å²) in [5.41, 5.74) is 4.31. The van der Waals surface area contributed by atoms with E-state index < -0.39 is 6.10 Å². The second-order valence-corrected chi connectivity index (χ2v) is 4.60. The minimum absolute atomic E-state index is 0.500. The first-order valence-corrected chi connectivity index (χ1v) is 6.28. The molecule has 2 N–H and O–H groups in total. The Morgan fingerprint density at radius 3 is 3.00 bits per heavy atom. The number of benzene rings is 1. The molecule has 3 heteroatoms. The number of fused-ring (bicyclic) bond motifs is 1. The van der Waals surface area contributed by atoms with Gasteiger partial charge in [0, 0.05) is 36.1 Å². The minimum atomic E-state index is -0.500. The van der Waals surface area contributed by atoms with Crippen LogP contribution in [0.2, 0.25) is 0 Å². The highest BCUT2D eigenvalue weighted by atomic mass is 16.3. The van der Waals surface area contributed by atoms with Crippen LogP contribution in [0.1, 0.15) is 22.9 Å². The Balaban J connectivity index is 1.85. The molecule has 1 unspecified atom stereocenters. The summed E-state index contributed by atoms with van der Waals surface area (Å²) in [7, 11) is 0. The molecule has 3 rings (SSSR count). The van der Waals surface area contributed by atoms with Gasteiger partial charge in [-0.2, -0.15) is 0 Å². The highest BCUT2D eigenvalue weighted by molar-refractivity contribution is 5.61. The van der Waals surface area contributed by atoms with Gasteiger partial charge in [-0.05, 0) is 24.1 Å². The topological polar surface area (TPSA) is 45.2 Å². The molecule has 3 nitrogen and oxygen atoms in total. The zero-order chi connectivity index (χ0) is 12.4. The predicted octanol–water partition coefficient (Wildman–Crippen LogP) is 2.33. The lowest BCUT2D eigenvalue weighted by molar-refractivity contribution is 0.178. The van der Waals surface area contributed by atoms with Crippen LogP contribution in [0.15, 0.2) is 42.6 Å². The number of rotatable bonds is 3. The second-order valence-electron chi connectivity index (χ2n) is 4.60. The molecule has 1 aliphatic heterocycles. The average molecular weight is 240 g/mol. The molecule has 0 spiro atoms. The number of aliphatic hydroxyl groups excluding tert-OH is 1. The minimum Gasteiger partial charge on any atom is -0.388 e. The predicted molar refractivity (Wildman–Crippen MR) is 71.5 cm³/mol. The van der Waals surface area contributed by atoms with E-state index in [-0.39, 0.29) is 0 Å². The molecule has 2 aromatic rings. The van der Waals surface area contributed by atoms with E-state index in [1.165, 1.54) is 5.56 Å². The summed E-state index contributed by atoms with van der Waals surface area (Å²) < 4.78 is 0. The van der Waals surface area contributed by atoms with Gasteiger partial charge in [-0.1, -0.05) is 24.3 Å². The van der Waals surface area contributed by atoms with Crippen LogP contribution in [-0.2, 0) is 12.8 Å². The molecule has 92 valence electrons. The van der Waals surface area contributed by atoms with Crippen LogP contribution in [0.5, 0.6) is 0 Å². The summed E-state index contributed by atoms with van der Waals surface area (Å²) in [6, 6.07) is 11.9. The van der Waals surface area contributed by atoms with Gasteiger partial charge in [0.15, 0.2) is 0 Å². The van der Waals surface area contributed by atoms with Crippen LogP contribution in [0.3, 0.4) is 0 Å². The van der Waals surface area contributed by atoms with Crippen LogP contribution in [0.25, 0.3) is 0 Å². The van der Waals surface area contributed by atoms with E-state index in [1.807, 2.05) is 30.3 Å². The summed E-state index contributed by atoms with van der Waals surface area (Å²) in [4.78, 5) is 4.26. The van der Waals surface area contributed by atoms with E-state index in [9.17, 15) is 5.11 Å². The molecule has 0 fully saturated rings. The second kappa shape index (κ2) is 4.78. The van der Waals surface area contributed by atoms with Crippen LogP contribution in [0, 0.1) is 0 Å². The van der Waals surface area contributed by atoms with E-state index in [0.717, 1.165) is 29.9 Å². The molecule has 1 atom stereocenters. The normalized spacial score (nSPS) is 14.9. The molecular weight excluding hydrogens is 224 g/mol. The Hall–Kier alpha value is -1.87. The fourth-order valence-corrected chi connectivity index (χ4v) is 2.47. The number of para-hydroxylation sites is 1. The van der Waals surface area contributed by atoms with Crippen molar-refractivity contribution in [2.24, 2.45) is 0 Å². The monoisotopic (exact) mass is 240 g/mol. The van der Waals surface area contributed by atoms with E-state index in [1.54, 1.807) is 6.20 Å². The molecule has 0 radical (unpaired) electrons. The molecule has 2 heterocycles. The first kappa shape index (κ1) is 11.2. The maximum Gasteiger partial charge on any atom is 0.0865 e. The van der Waals surface area contributed by atoms with Crippen LogP contribution < -0.4 is 5.32 Å². The average Bonchev–Trinajstić information content (AvgIpc) is 2.87. The van der Waals surface area contributed by atoms with Crippen molar-refractivity contribution >= 4 is 5.69 Å². The zero-order valence-electron chi connectivity index (χ0n) is 10.1. The zero-order valence-corrected chi connectivity index (χ0v) is 10.1. The molecule has 1 aromatic carbocycles. The Morgan fingerprint density at radius 1 is 1.22 bits per heavy atom. The van der Waals surface area contributed by atoms with Crippen molar-refractivity contribution in [3.63, 3.8) is 0 Å². The Morgan fingerprint density at radius 2 is 2.17 bits per heavy atom. The van der Waals surface area contributed by atoms with Gasteiger partial charge >= 0.3 is 0 Å². The van der Waals surface area contributed by atoms with Crippen molar-refractivity contribution in [3.8, 4) is 0 Å². The van der Waals surface area contributed by atoms with Gasteiger partial charge in [0.05, 0.1) is 6.10 Å². The molecule has 0 saturated carbocycles. The summed E-state index contributed by atoms with van der Waals surface area (Å²) in [6.07, 6.45) is 2.86. The first-order valence-electron chi connectivity index (χ1n) is 6.28. The van der Waals surface area contributed by atoms with Gasteiger partial charge in [0.2, 0.25) is 0 Å². The largest absolute Gasteiger partial charge is 0.388 e. The summed E-state index contributed by atoms with van der Waals surface area (Å²) in [5, 5.41) is 13.7. The Labute approximate surface area is 107 Å². The standard InChI is InChI=1S/C15H16N2O/c18-14(10-12-5-1-2-8-16-12)13-6-3-4-11-7-9-17-15(11)13/h1-6,8,14,17-18H,7,9-10H2. The lowest BCUT2D eigenvalue weighted by Gasteiger charge is -2.15. The SMILES string of the molecule is OC(Cc1ccccn1)c1cccc2c1NCC2. The lowest BCUT2D eigenvalue weighted by Crippen LogP contribution is -2.06. The van der Waals surface area contributed by atoms with E-state index in [0.29, 0.717) is 6.42 Å². The number of hydrogen-bond acceptors (Lipinski definition) is 3. The molecule has 18 heavy (non-hydrogen) atoms. The quantitative estimate of drug-likeness (QED) is 0.865. The summed E-state index contributed by atoms with van der Waals surface area (Å²) >= 11 is 0. The first-order chi connectivity index (χ1) is 8.84. The highest BCUT2D eigenvalue weighted by Crippen LogP contribution is 2.31. The number of aromatic nitrogens is 1. The van der Waals surface area contributed by atoms with Crippen molar-refractivity contribution in [3.05, 3.63) is 59.4 Å². The highest BCUT2D eigenvalue weighted by Gasteiger charge is 2.19. The molecule has 0 bridgehead atoms. The fourth-order valence-electron chi connectivity index (χ4n) is 2.47. The van der Waals surface area contributed by atoms with E-state index in [4.69, 9.17) is 0 Å². The molecule has 0 amide bonds. The van der Waals surface area contributed by atoms with Gasteiger partial charge in [0.1, 0.15) is 0 Å². The summed E-state index contributed by atoms with van der Waals surface area (Å²) in [6.45, 7) is 0.961. The van der Waals surface area contributed by atoms with Gasteiger partial charge in [-0.15, -0.1) is 0 Å². The molecular formula is C15H16N2O. The van der Waals surface area contributed by atoms with Crippen molar-refractivity contribution in [2.45, 2.75) is 18.9 Å². The summed E-state index contributed by atoms with van der Waals surface area (Å²) in [5.74, 6) is 0. The lowest BCUT2D eigenvalue weighted by atomic mass is 10.00. The maximum atomic E-state index is 10.4. The van der Waals surface area contributed by atoms with Gasteiger partial charge < -0.3 is 10.4 Å². The number of pyridine rings is 1. The van der Waals surface area contributed by atoms with Crippen molar-refractivity contribution in [1.29, 1.82) is 0 Å².